The predicted octanol–water partition coefficient (Wildman–Crippen LogP) is 10.6. The molecule has 0 saturated heterocycles. The lowest BCUT2D eigenvalue weighted by molar-refractivity contribution is -0.188. The summed E-state index contributed by atoms with van der Waals surface area (Å²) >= 11 is 0. The average molecular weight is 545 g/mol. The van der Waals surface area contributed by atoms with E-state index in [1.165, 1.54) is 56.4 Å². The lowest BCUT2D eigenvalue weighted by Crippen LogP contribution is -2.24. The van der Waals surface area contributed by atoms with Crippen molar-refractivity contribution >= 4 is 0 Å². The Labute approximate surface area is 230 Å². The maximum absolute atomic E-state index is 14.8. The molecule has 212 valence electrons. The van der Waals surface area contributed by atoms with Crippen molar-refractivity contribution in [1.29, 1.82) is 0 Å². The predicted molar refractivity (Wildman–Crippen MR) is 149 cm³/mol. The Kier molecular flexibility index (Phi) is 11.7. The molecule has 39 heavy (non-hydrogen) atoms. The highest BCUT2D eigenvalue weighted by molar-refractivity contribution is 5.32. The van der Waals surface area contributed by atoms with Crippen molar-refractivity contribution in [2.45, 2.75) is 96.7 Å². The van der Waals surface area contributed by atoms with Crippen molar-refractivity contribution in [1.82, 2.24) is 0 Å². The van der Waals surface area contributed by atoms with Gasteiger partial charge in [0.15, 0.2) is 0 Å². The van der Waals surface area contributed by atoms with Crippen LogP contribution in [-0.4, -0.2) is 0 Å². The first-order valence-electron chi connectivity index (χ1n) is 14.2. The molecule has 0 saturated carbocycles. The van der Waals surface area contributed by atoms with Crippen molar-refractivity contribution in [3.8, 4) is 11.5 Å². The Hall–Kier alpha value is -3.02. The van der Waals surface area contributed by atoms with Gasteiger partial charge >= 0.3 is 12.2 Å². The van der Waals surface area contributed by atoms with Crippen LogP contribution in [-0.2, 0) is 25.1 Å². The number of hydrogen-bond acceptors (Lipinski definition) is 2. The first-order chi connectivity index (χ1) is 18.7. The molecular formula is C33H40F4O2. The molecule has 6 heteroatoms. The van der Waals surface area contributed by atoms with Gasteiger partial charge in [-0.2, -0.15) is 17.6 Å². The van der Waals surface area contributed by atoms with Crippen molar-refractivity contribution in [2.75, 3.05) is 0 Å². The van der Waals surface area contributed by atoms with Crippen LogP contribution in [0.1, 0.15) is 93.9 Å². The number of unbranched alkanes of at least 4 members (excludes halogenated alkanes) is 7. The van der Waals surface area contributed by atoms with E-state index in [1.54, 1.807) is 24.3 Å². The van der Waals surface area contributed by atoms with Gasteiger partial charge in [-0.3, -0.25) is 0 Å². The maximum atomic E-state index is 14.8. The Morgan fingerprint density at radius 1 is 0.462 bits per heavy atom. The van der Waals surface area contributed by atoms with Gasteiger partial charge in [-0.1, -0.05) is 83.1 Å². The Bertz CT molecular complexity index is 1090. The highest BCUT2D eigenvalue weighted by Crippen LogP contribution is 2.36. The maximum Gasteiger partial charge on any atom is 0.426 e. The SMILES string of the molecule is CCCCCCCCCc1ccc(OC(F)(F)c2ccc(C(F)(F)Oc3ccc(CCCC)cc3)cc2)cc1. The lowest BCUT2D eigenvalue weighted by Gasteiger charge is -2.21. The van der Waals surface area contributed by atoms with Crippen LogP contribution in [0.25, 0.3) is 0 Å². The van der Waals surface area contributed by atoms with E-state index in [0.717, 1.165) is 73.9 Å². The van der Waals surface area contributed by atoms with Crippen LogP contribution in [0.4, 0.5) is 17.6 Å². The van der Waals surface area contributed by atoms with E-state index in [1.807, 2.05) is 0 Å². The van der Waals surface area contributed by atoms with E-state index in [0.29, 0.717) is 0 Å². The van der Waals surface area contributed by atoms with Crippen LogP contribution in [0.15, 0.2) is 72.8 Å². The van der Waals surface area contributed by atoms with Crippen molar-refractivity contribution in [3.63, 3.8) is 0 Å². The summed E-state index contributed by atoms with van der Waals surface area (Å²) in [5.41, 5.74) is 1.07. The zero-order chi connectivity index (χ0) is 28.1. The fraction of sp³-hybridized carbons (Fsp3) is 0.455. The first kappa shape index (κ1) is 30.5. The highest BCUT2D eigenvalue weighted by Gasteiger charge is 2.38. The van der Waals surface area contributed by atoms with Crippen LogP contribution >= 0.6 is 0 Å². The second kappa shape index (κ2) is 14.9. The average Bonchev–Trinajstić information content (AvgIpc) is 2.93. The van der Waals surface area contributed by atoms with Crippen LogP contribution in [0, 0.1) is 0 Å². The molecular weight excluding hydrogens is 504 g/mol. The Balaban J connectivity index is 1.52. The molecule has 3 aromatic rings. The molecule has 0 aliphatic carbocycles. The number of hydrogen-bond donors (Lipinski definition) is 0. The van der Waals surface area contributed by atoms with E-state index in [2.05, 4.69) is 13.8 Å². The molecule has 0 heterocycles. The molecule has 0 radical (unpaired) electrons. The molecule has 0 bridgehead atoms. The molecule has 0 aliphatic rings. The van der Waals surface area contributed by atoms with E-state index < -0.39 is 23.3 Å². The standard InChI is InChI=1S/C33H40F4O2/c1-3-5-7-8-9-10-11-13-27-16-24-31(25-17-27)39-33(36,37)29-20-18-28(19-21-29)32(34,35)38-30-22-14-26(15-23-30)12-6-4-2/h14-25H,3-13H2,1-2H3. The number of aryl methyl sites for hydroxylation is 2. The molecule has 0 aliphatic heterocycles. The summed E-state index contributed by atoms with van der Waals surface area (Å²) < 4.78 is 68.8. The van der Waals surface area contributed by atoms with Crippen molar-refractivity contribution < 1.29 is 27.0 Å². The zero-order valence-electron chi connectivity index (χ0n) is 23.0. The van der Waals surface area contributed by atoms with Crippen LogP contribution < -0.4 is 9.47 Å². The van der Waals surface area contributed by atoms with Gasteiger partial charge in [0.1, 0.15) is 11.5 Å². The molecule has 0 amide bonds. The fourth-order valence-corrected chi connectivity index (χ4v) is 4.39. The topological polar surface area (TPSA) is 18.5 Å². The number of ether oxygens (including phenoxy) is 2. The van der Waals surface area contributed by atoms with E-state index in [-0.39, 0.29) is 11.5 Å². The number of benzene rings is 3. The molecule has 2 nitrogen and oxygen atoms in total. The number of rotatable bonds is 17. The molecule has 0 aromatic heterocycles. The molecule has 3 aromatic carbocycles. The van der Waals surface area contributed by atoms with Crippen LogP contribution in [0.3, 0.4) is 0 Å². The molecule has 0 atom stereocenters. The summed E-state index contributed by atoms with van der Waals surface area (Å²) in [5.74, 6) is 0.0249. The summed E-state index contributed by atoms with van der Waals surface area (Å²) in [6.45, 7) is 4.28. The second-order valence-corrected chi connectivity index (χ2v) is 10.1. The Morgan fingerprint density at radius 2 is 0.821 bits per heavy atom. The van der Waals surface area contributed by atoms with Gasteiger partial charge in [0, 0.05) is 0 Å². The Morgan fingerprint density at radius 3 is 1.23 bits per heavy atom. The fourth-order valence-electron chi connectivity index (χ4n) is 4.39. The highest BCUT2D eigenvalue weighted by atomic mass is 19.3. The monoisotopic (exact) mass is 544 g/mol. The molecule has 0 spiro atoms. The summed E-state index contributed by atoms with van der Waals surface area (Å²) in [6, 6.07) is 16.9. The third-order valence-electron chi connectivity index (χ3n) is 6.78. The van der Waals surface area contributed by atoms with Gasteiger partial charge in [-0.25, -0.2) is 0 Å². The summed E-state index contributed by atoms with van der Waals surface area (Å²) in [5, 5.41) is 0. The van der Waals surface area contributed by atoms with Gasteiger partial charge in [0.2, 0.25) is 0 Å². The number of alkyl halides is 4. The van der Waals surface area contributed by atoms with Gasteiger partial charge in [0.05, 0.1) is 11.1 Å². The van der Waals surface area contributed by atoms with E-state index >= 15 is 0 Å². The largest absolute Gasteiger partial charge is 0.429 e. The second-order valence-electron chi connectivity index (χ2n) is 10.1. The minimum absolute atomic E-state index is 0.00779. The minimum Gasteiger partial charge on any atom is -0.429 e. The van der Waals surface area contributed by atoms with Gasteiger partial charge in [-0.05, 0) is 85.3 Å². The smallest absolute Gasteiger partial charge is 0.426 e. The molecule has 0 N–H and O–H groups in total. The summed E-state index contributed by atoms with van der Waals surface area (Å²) in [4.78, 5) is 0. The minimum atomic E-state index is -3.68. The molecule has 0 fully saturated rings. The molecule has 3 rings (SSSR count). The van der Waals surface area contributed by atoms with Crippen molar-refractivity contribution in [2.24, 2.45) is 0 Å². The lowest BCUT2D eigenvalue weighted by atomic mass is 10.0. The van der Waals surface area contributed by atoms with Gasteiger partial charge in [-0.15, -0.1) is 0 Å². The van der Waals surface area contributed by atoms with Crippen LogP contribution in [0.2, 0.25) is 0 Å². The van der Waals surface area contributed by atoms with E-state index in [4.69, 9.17) is 9.47 Å². The van der Waals surface area contributed by atoms with Gasteiger partial charge in [0.25, 0.3) is 0 Å². The normalized spacial score (nSPS) is 11.9. The zero-order valence-corrected chi connectivity index (χ0v) is 23.0. The van der Waals surface area contributed by atoms with Gasteiger partial charge < -0.3 is 9.47 Å². The number of halogens is 4. The third kappa shape index (κ3) is 9.90. The van der Waals surface area contributed by atoms with E-state index in [9.17, 15) is 17.6 Å². The molecule has 0 unspecified atom stereocenters. The quantitative estimate of drug-likeness (QED) is 0.124. The summed E-state index contributed by atoms with van der Waals surface area (Å²) in [6.07, 6.45) is 4.97. The first-order valence-corrected chi connectivity index (χ1v) is 14.2. The summed E-state index contributed by atoms with van der Waals surface area (Å²) in [7, 11) is 0. The van der Waals surface area contributed by atoms with Crippen LogP contribution in [0.5, 0.6) is 11.5 Å². The third-order valence-corrected chi connectivity index (χ3v) is 6.78. The van der Waals surface area contributed by atoms with Crippen molar-refractivity contribution in [3.05, 3.63) is 95.1 Å².